The number of carbonyl (C=O) groups is 3. The van der Waals surface area contributed by atoms with E-state index in [0.717, 1.165) is 6.42 Å². The maximum atomic E-state index is 14.6. The molecule has 3 amide bonds. The fourth-order valence-electron chi connectivity index (χ4n) is 5.87. The molecule has 3 aromatic rings. The Kier molecular flexibility index (Phi) is 7.21. The molecule has 6 rings (SSSR count). The highest BCUT2D eigenvalue weighted by Crippen LogP contribution is 2.44. The summed E-state index contributed by atoms with van der Waals surface area (Å²) in [7, 11) is 1.37. The molecule has 4 N–H and O–H groups in total. The summed E-state index contributed by atoms with van der Waals surface area (Å²) >= 11 is 0. The Morgan fingerprint density at radius 2 is 2.05 bits per heavy atom. The van der Waals surface area contributed by atoms with Gasteiger partial charge < -0.3 is 35.3 Å². The largest absolute Gasteiger partial charge is 0.492 e. The van der Waals surface area contributed by atoms with Crippen LogP contribution in [0.4, 0.5) is 15.8 Å². The number of H-pyrrole nitrogens is 1. The van der Waals surface area contributed by atoms with Gasteiger partial charge in [0, 0.05) is 49.4 Å². The minimum absolute atomic E-state index is 0.00168. The van der Waals surface area contributed by atoms with Crippen molar-refractivity contribution in [1.82, 2.24) is 25.5 Å². The summed E-state index contributed by atoms with van der Waals surface area (Å²) in [6, 6.07) is 5.74. The first kappa shape index (κ1) is 26.6. The zero-order chi connectivity index (χ0) is 28.5. The summed E-state index contributed by atoms with van der Waals surface area (Å²) in [6.45, 7) is 1.45. The molecule has 12 heteroatoms. The lowest BCUT2D eigenvalue weighted by molar-refractivity contribution is -0.138. The maximum Gasteiger partial charge on any atom is 0.255 e. The van der Waals surface area contributed by atoms with E-state index in [1.807, 2.05) is 0 Å². The van der Waals surface area contributed by atoms with Crippen molar-refractivity contribution in [2.75, 3.05) is 38.7 Å². The van der Waals surface area contributed by atoms with Crippen LogP contribution in [0.3, 0.4) is 0 Å². The van der Waals surface area contributed by atoms with E-state index in [2.05, 4.69) is 25.9 Å². The molecule has 0 unspecified atom stereocenters. The highest BCUT2D eigenvalue weighted by Gasteiger charge is 2.39. The van der Waals surface area contributed by atoms with Gasteiger partial charge in [-0.2, -0.15) is 0 Å². The third-order valence-corrected chi connectivity index (χ3v) is 7.83. The molecule has 41 heavy (non-hydrogen) atoms. The van der Waals surface area contributed by atoms with Gasteiger partial charge in [-0.3, -0.25) is 19.4 Å². The lowest BCUT2D eigenvalue weighted by Gasteiger charge is -2.28. The second kappa shape index (κ2) is 11.1. The smallest absolute Gasteiger partial charge is 0.255 e. The highest BCUT2D eigenvalue weighted by atomic mass is 19.1. The van der Waals surface area contributed by atoms with E-state index in [9.17, 15) is 18.8 Å². The average Bonchev–Trinajstić information content (AvgIpc) is 3.61. The third kappa shape index (κ3) is 4.94. The molecule has 1 fully saturated rings. The molecular weight excluding hydrogens is 531 g/mol. The number of hydrogen-bond donors (Lipinski definition) is 4. The van der Waals surface area contributed by atoms with Gasteiger partial charge in [-0.15, -0.1) is 0 Å². The molecule has 2 atom stereocenters. The lowest BCUT2D eigenvalue weighted by Crippen LogP contribution is -2.47. The van der Waals surface area contributed by atoms with Gasteiger partial charge >= 0.3 is 0 Å². The van der Waals surface area contributed by atoms with Gasteiger partial charge in [-0.1, -0.05) is 6.07 Å². The molecule has 1 saturated heterocycles. The average molecular weight is 563 g/mol. The lowest BCUT2D eigenvalue weighted by atomic mass is 9.92. The van der Waals surface area contributed by atoms with Crippen molar-refractivity contribution in [2.45, 2.75) is 37.6 Å². The van der Waals surface area contributed by atoms with Crippen LogP contribution in [-0.4, -0.2) is 72.0 Å². The summed E-state index contributed by atoms with van der Waals surface area (Å²) < 4.78 is 26.0. The third-order valence-electron chi connectivity index (χ3n) is 7.83. The molecule has 2 aromatic heterocycles. The predicted octanol–water partition coefficient (Wildman–Crippen LogP) is 3.07. The number of pyridine rings is 1. The first-order chi connectivity index (χ1) is 20.0. The number of fused-ring (bicyclic) bond motifs is 4. The SMILES string of the molecule is COc1c(F)cccc1Nc1c2[nH]c3c1C(=O)NC[C@@H]3CC(=O)N1CCC[C@H]1C(=O)NCCCOc1cnccc1-2. The van der Waals surface area contributed by atoms with Crippen molar-refractivity contribution in [3.05, 3.63) is 53.7 Å². The Morgan fingerprint density at radius 3 is 2.90 bits per heavy atom. The number of rotatable bonds is 3. The number of nitrogens with zero attached hydrogens (tertiary/aromatic N) is 2. The zero-order valence-electron chi connectivity index (χ0n) is 22.6. The molecule has 5 heterocycles. The molecule has 3 aliphatic heterocycles. The van der Waals surface area contributed by atoms with E-state index in [-0.39, 0.29) is 42.4 Å². The number of methoxy groups -OCH3 is 1. The summed E-state index contributed by atoms with van der Waals surface area (Å²) in [5.41, 5.74) is 2.78. The number of benzene rings is 1. The van der Waals surface area contributed by atoms with Gasteiger partial charge in [0.2, 0.25) is 11.8 Å². The molecule has 1 aromatic carbocycles. The number of ether oxygens (including phenoxy) is 2. The van der Waals surface area contributed by atoms with Gasteiger partial charge in [0.05, 0.1) is 42.5 Å². The fraction of sp³-hybridized carbons (Fsp3) is 0.379. The van der Waals surface area contributed by atoms with Crippen molar-refractivity contribution in [3.63, 3.8) is 0 Å². The standard InChI is InChI=1S/C29H31FN6O5/c1-40-27-18(30)5-2-6-19(27)34-26-23-24-16(14-33-29(23)39)13-22(37)36-11-3-7-20(36)28(38)32-9-4-12-41-21-15-31-10-8-17(21)25(26)35-24/h2,5-6,8,10,15-16,20,34-35H,3-4,7,9,11-14H2,1H3,(H,32,38)(H,33,39)/t16-,20-/m0/s1. The number of carbonyl (C=O) groups excluding carboxylic acids is 3. The fourth-order valence-corrected chi connectivity index (χ4v) is 5.87. The van der Waals surface area contributed by atoms with Crippen molar-refractivity contribution < 1.29 is 28.2 Å². The Morgan fingerprint density at radius 1 is 1.17 bits per heavy atom. The van der Waals surface area contributed by atoms with Crippen molar-refractivity contribution in [3.8, 4) is 22.8 Å². The summed E-state index contributed by atoms with van der Waals surface area (Å²) in [6.07, 6.45) is 5.19. The van der Waals surface area contributed by atoms with E-state index in [1.54, 1.807) is 35.5 Å². The minimum Gasteiger partial charge on any atom is -0.492 e. The minimum atomic E-state index is -0.557. The zero-order valence-corrected chi connectivity index (χ0v) is 22.6. The van der Waals surface area contributed by atoms with Crippen LogP contribution in [0.1, 0.15) is 47.7 Å². The highest BCUT2D eigenvalue weighted by molar-refractivity contribution is 6.07. The second-order valence-electron chi connectivity index (χ2n) is 10.3. The quantitative estimate of drug-likeness (QED) is 0.385. The molecular formula is C29H31FN6O5. The number of aromatic amines is 1. The van der Waals surface area contributed by atoms with Crippen molar-refractivity contribution in [1.29, 1.82) is 0 Å². The molecule has 0 radical (unpaired) electrons. The number of para-hydroxylation sites is 1. The molecule has 0 spiro atoms. The number of hydrogen-bond acceptors (Lipinski definition) is 7. The number of anilines is 2. The van der Waals surface area contributed by atoms with Gasteiger partial charge in [0.15, 0.2) is 11.6 Å². The monoisotopic (exact) mass is 562 g/mol. The van der Waals surface area contributed by atoms with Crippen LogP contribution in [0, 0.1) is 5.82 Å². The molecule has 0 saturated carbocycles. The summed E-state index contributed by atoms with van der Waals surface area (Å²) in [5.74, 6) is -1.13. The first-order valence-electron chi connectivity index (χ1n) is 13.7. The number of nitrogens with one attached hydrogen (secondary N) is 4. The van der Waals surface area contributed by atoms with Crippen LogP contribution >= 0.6 is 0 Å². The normalized spacial score (nSPS) is 20.8. The summed E-state index contributed by atoms with van der Waals surface area (Å²) in [5, 5.41) is 9.09. The van der Waals surface area contributed by atoms with Crippen molar-refractivity contribution in [2.24, 2.45) is 0 Å². The molecule has 214 valence electrons. The van der Waals surface area contributed by atoms with E-state index >= 15 is 0 Å². The van der Waals surface area contributed by atoms with Crippen LogP contribution < -0.4 is 25.4 Å². The van der Waals surface area contributed by atoms with Crippen LogP contribution in [0.2, 0.25) is 0 Å². The van der Waals surface area contributed by atoms with Crippen LogP contribution in [0.5, 0.6) is 11.5 Å². The van der Waals surface area contributed by atoms with Gasteiger partial charge in [0.1, 0.15) is 11.8 Å². The first-order valence-corrected chi connectivity index (χ1v) is 13.7. The Balaban J connectivity index is 1.49. The molecule has 2 bridgehead atoms. The molecule has 3 aliphatic rings. The van der Waals surface area contributed by atoms with E-state index < -0.39 is 11.9 Å². The Bertz CT molecular complexity index is 1510. The van der Waals surface area contributed by atoms with Gasteiger partial charge in [-0.25, -0.2) is 4.39 Å². The van der Waals surface area contributed by atoms with Gasteiger partial charge in [0.25, 0.3) is 5.91 Å². The topological polar surface area (TPSA) is 138 Å². The Labute approximate surface area is 235 Å². The Hall–Kier alpha value is -4.61. The van der Waals surface area contributed by atoms with Crippen molar-refractivity contribution >= 4 is 29.1 Å². The number of amides is 3. The van der Waals surface area contributed by atoms with Gasteiger partial charge in [-0.05, 0) is 37.5 Å². The molecule has 11 nitrogen and oxygen atoms in total. The summed E-state index contributed by atoms with van der Waals surface area (Å²) in [4.78, 5) is 49.1. The van der Waals surface area contributed by atoms with Crippen LogP contribution in [0.15, 0.2) is 36.7 Å². The van der Waals surface area contributed by atoms with E-state index in [0.29, 0.717) is 72.2 Å². The number of halogens is 1. The predicted molar refractivity (Wildman–Crippen MR) is 148 cm³/mol. The van der Waals surface area contributed by atoms with Crippen LogP contribution in [0.25, 0.3) is 11.3 Å². The van der Waals surface area contributed by atoms with E-state index in [1.165, 1.54) is 13.2 Å². The maximum absolute atomic E-state index is 14.6. The number of aromatic nitrogens is 2. The van der Waals surface area contributed by atoms with Crippen LogP contribution in [-0.2, 0) is 9.59 Å². The molecule has 0 aliphatic carbocycles. The van der Waals surface area contributed by atoms with E-state index in [4.69, 9.17) is 9.47 Å². The second-order valence-corrected chi connectivity index (χ2v) is 10.3.